The quantitative estimate of drug-likeness (QED) is 0.708. The van der Waals surface area contributed by atoms with Gasteiger partial charge in [0.05, 0.1) is 5.39 Å². The van der Waals surface area contributed by atoms with Gasteiger partial charge in [0, 0.05) is 18.0 Å². The first-order chi connectivity index (χ1) is 14.5. The van der Waals surface area contributed by atoms with Crippen LogP contribution in [0.3, 0.4) is 0 Å². The van der Waals surface area contributed by atoms with Gasteiger partial charge in [0.1, 0.15) is 0 Å². The molecule has 0 aliphatic heterocycles. The molecule has 2 aromatic rings. The highest BCUT2D eigenvalue weighted by molar-refractivity contribution is 6.02. The first-order valence-corrected chi connectivity index (χ1v) is 10.9. The van der Waals surface area contributed by atoms with Gasteiger partial charge in [-0.15, -0.1) is 0 Å². The Bertz CT molecular complexity index is 1020. The third-order valence-electron chi connectivity index (χ3n) is 6.65. The summed E-state index contributed by atoms with van der Waals surface area (Å²) in [6.45, 7) is 4.03. The third kappa shape index (κ3) is 3.98. The standard InChI is InChI=1S/C23H29N3O4/c1-3-10-26-22(28)18-7-5-4-6-17(18)21(25-26)23(29)30-13-20(27)24-14(2)19-12-15-8-9-16(19)11-15/h4-7,14-16,19H,3,8-13H2,1-2H3,(H,24,27). The van der Waals surface area contributed by atoms with Gasteiger partial charge in [0.15, 0.2) is 12.3 Å². The van der Waals surface area contributed by atoms with Crippen LogP contribution in [0.1, 0.15) is 56.4 Å². The number of amides is 1. The lowest BCUT2D eigenvalue weighted by atomic mass is 9.84. The Morgan fingerprint density at radius 2 is 2.00 bits per heavy atom. The number of nitrogens with zero attached hydrogens (tertiary/aromatic N) is 2. The number of carbonyl (C=O) groups excluding carboxylic acids is 2. The monoisotopic (exact) mass is 411 g/mol. The van der Waals surface area contributed by atoms with Crippen LogP contribution in [0.2, 0.25) is 0 Å². The highest BCUT2D eigenvalue weighted by atomic mass is 16.5. The molecule has 7 heteroatoms. The predicted octanol–water partition coefficient (Wildman–Crippen LogP) is 2.90. The van der Waals surface area contributed by atoms with E-state index in [0.717, 1.165) is 5.92 Å². The van der Waals surface area contributed by atoms with E-state index < -0.39 is 5.97 Å². The molecule has 2 aliphatic rings. The van der Waals surface area contributed by atoms with Gasteiger partial charge >= 0.3 is 5.97 Å². The largest absolute Gasteiger partial charge is 0.451 e. The minimum absolute atomic E-state index is 0.0626. The first kappa shape index (κ1) is 20.6. The Labute approximate surface area is 175 Å². The van der Waals surface area contributed by atoms with Crippen molar-refractivity contribution in [2.24, 2.45) is 17.8 Å². The Balaban J connectivity index is 1.42. The number of aromatic nitrogens is 2. The molecule has 1 aromatic carbocycles. The smallest absolute Gasteiger partial charge is 0.359 e. The van der Waals surface area contributed by atoms with Crippen molar-refractivity contribution in [2.75, 3.05) is 6.61 Å². The van der Waals surface area contributed by atoms with E-state index in [0.29, 0.717) is 35.6 Å². The molecule has 4 unspecified atom stereocenters. The number of rotatable bonds is 7. The van der Waals surface area contributed by atoms with Gasteiger partial charge in [-0.05, 0) is 56.4 Å². The fourth-order valence-corrected chi connectivity index (χ4v) is 5.26. The highest BCUT2D eigenvalue weighted by Crippen LogP contribution is 2.49. The van der Waals surface area contributed by atoms with Crippen molar-refractivity contribution in [3.8, 4) is 0 Å². The van der Waals surface area contributed by atoms with Crippen molar-refractivity contribution < 1.29 is 14.3 Å². The van der Waals surface area contributed by atoms with Crippen LogP contribution in [0.4, 0.5) is 0 Å². The zero-order valence-corrected chi connectivity index (χ0v) is 17.6. The fourth-order valence-electron chi connectivity index (χ4n) is 5.26. The van der Waals surface area contributed by atoms with Gasteiger partial charge in [-0.3, -0.25) is 9.59 Å². The molecular formula is C23H29N3O4. The summed E-state index contributed by atoms with van der Waals surface area (Å²) in [5, 5.41) is 8.07. The maximum Gasteiger partial charge on any atom is 0.359 e. The second-order valence-corrected chi connectivity index (χ2v) is 8.69. The van der Waals surface area contributed by atoms with Crippen molar-refractivity contribution in [1.82, 2.24) is 15.1 Å². The summed E-state index contributed by atoms with van der Waals surface area (Å²) in [6, 6.07) is 6.92. The highest BCUT2D eigenvalue weighted by Gasteiger charge is 2.42. The molecule has 7 nitrogen and oxygen atoms in total. The molecule has 0 radical (unpaired) electrons. The van der Waals surface area contributed by atoms with Crippen LogP contribution in [0.5, 0.6) is 0 Å². The number of nitrogens with one attached hydrogen (secondary N) is 1. The lowest BCUT2D eigenvalue weighted by Gasteiger charge is -2.28. The Morgan fingerprint density at radius 1 is 1.23 bits per heavy atom. The molecule has 1 aromatic heterocycles. The summed E-state index contributed by atoms with van der Waals surface area (Å²) in [7, 11) is 0. The van der Waals surface area contributed by atoms with Crippen LogP contribution < -0.4 is 10.9 Å². The van der Waals surface area contributed by atoms with Crippen LogP contribution in [0, 0.1) is 17.8 Å². The van der Waals surface area contributed by atoms with Crippen LogP contribution in [0.25, 0.3) is 10.8 Å². The maximum absolute atomic E-state index is 12.7. The molecule has 30 heavy (non-hydrogen) atoms. The van der Waals surface area contributed by atoms with E-state index in [2.05, 4.69) is 10.4 Å². The van der Waals surface area contributed by atoms with Crippen molar-refractivity contribution >= 4 is 22.6 Å². The second kappa shape index (κ2) is 8.58. The molecule has 1 heterocycles. The minimum atomic E-state index is -0.696. The summed E-state index contributed by atoms with van der Waals surface area (Å²) in [5.41, 5.74) is -0.172. The summed E-state index contributed by atoms with van der Waals surface area (Å²) < 4.78 is 6.56. The fraction of sp³-hybridized carbons (Fsp3) is 0.565. The van der Waals surface area contributed by atoms with Crippen LogP contribution in [0.15, 0.2) is 29.1 Å². The van der Waals surface area contributed by atoms with E-state index in [1.807, 2.05) is 13.8 Å². The zero-order chi connectivity index (χ0) is 21.3. The van der Waals surface area contributed by atoms with E-state index in [9.17, 15) is 14.4 Å². The van der Waals surface area contributed by atoms with Gasteiger partial charge in [-0.25, -0.2) is 9.48 Å². The summed E-state index contributed by atoms with van der Waals surface area (Å²) in [6.07, 6.45) is 5.76. The first-order valence-electron chi connectivity index (χ1n) is 10.9. The number of hydrogen-bond donors (Lipinski definition) is 1. The number of hydrogen-bond acceptors (Lipinski definition) is 5. The molecule has 0 saturated heterocycles. The van der Waals surface area contributed by atoms with Crippen molar-refractivity contribution in [1.29, 1.82) is 0 Å². The molecule has 2 fully saturated rings. The molecule has 2 bridgehead atoms. The van der Waals surface area contributed by atoms with Crippen molar-refractivity contribution in [3.63, 3.8) is 0 Å². The average Bonchev–Trinajstić information content (AvgIpc) is 3.38. The summed E-state index contributed by atoms with van der Waals surface area (Å²) in [5.74, 6) is 1.05. The lowest BCUT2D eigenvalue weighted by molar-refractivity contribution is -0.125. The molecule has 2 aliphatic carbocycles. The molecule has 4 rings (SSSR count). The van der Waals surface area contributed by atoms with Crippen LogP contribution in [-0.2, 0) is 16.1 Å². The Hall–Kier alpha value is -2.70. The second-order valence-electron chi connectivity index (χ2n) is 8.69. The Morgan fingerprint density at radius 3 is 2.67 bits per heavy atom. The number of benzene rings is 1. The minimum Gasteiger partial charge on any atom is -0.451 e. The van der Waals surface area contributed by atoms with E-state index in [-0.39, 0.29) is 29.8 Å². The molecule has 4 atom stereocenters. The number of carbonyl (C=O) groups is 2. The SMILES string of the molecule is CCCn1nc(C(=O)OCC(=O)NC(C)C2CC3CCC2C3)c2ccccc2c1=O. The number of fused-ring (bicyclic) bond motifs is 3. The topological polar surface area (TPSA) is 90.3 Å². The average molecular weight is 412 g/mol. The van der Waals surface area contributed by atoms with Gasteiger partial charge in [-0.2, -0.15) is 5.10 Å². The maximum atomic E-state index is 12.7. The van der Waals surface area contributed by atoms with Gasteiger partial charge in [0.2, 0.25) is 0 Å². The zero-order valence-electron chi connectivity index (χ0n) is 17.6. The third-order valence-corrected chi connectivity index (χ3v) is 6.65. The Kier molecular flexibility index (Phi) is 5.88. The van der Waals surface area contributed by atoms with Crippen molar-refractivity contribution in [2.45, 2.75) is 58.5 Å². The van der Waals surface area contributed by atoms with Gasteiger partial charge < -0.3 is 10.1 Å². The molecular weight excluding hydrogens is 382 g/mol. The van der Waals surface area contributed by atoms with E-state index in [4.69, 9.17) is 4.74 Å². The van der Waals surface area contributed by atoms with Gasteiger partial charge in [-0.1, -0.05) is 31.5 Å². The van der Waals surface area contributed by atoms with E-state index >= 15 is 0 Å². The van der Waals surface area contributed by atoms with Crippen LogP contribution in [-0.4, -0.2) is 34.3 Å². The summed E-state index contributed by atoms with van der Waals surface area (Å²) >= 11 is 0. The predicted molar refractivity (Wildman–Crippen MR) is 113 cm³/mol. The van der Waals surface area contributed by atoms with Crippen LogP contribution >= 0.6 is 0 Å². The number of esters is 1. The molecule has 1 amide bonds. The molecule has 1 N–H and O–H groups in total. The summed E-state index contributed by atoms with van der Waals surface area (Å²) in [4.78, 5) is 37.6. The molecule has 0 spiro atoms. The van der Waals surface area contributed by atoms with Gasteiger partial charge in [0.25, 0.3) is 11.5 Å². The molecule has 160 valence electrons. The number of ether oxygens (including phenoxy) is 1. The molecule has 2 saturated carbocycles. The number of aryl methyl sites for hydroxylation is 1. The normalized spacial score (nSPS) is 23.5. The van der Waals surface area contributed by atoms with E-state index in [1.165, 1.54) is 30.4 Å². The van der Waals surface area contributed by atoms with Crippen molar-refractivity contribution in [3.05, 3.63) is 40.3 Å². The lowest BCUT2D eigenvalue weighted by Crippen LogP contribution is -2.42. The van der Waals surface area contributed by atoms with E-state index in [1.54, 1.807) is 24.3 Å².